The molecule has 0 aliphatic rings. The lowest BCUT2D eigenvalue weighted by Gasteiger charge is -2.10. The molecule has 0 N–H and O–H groups in total. The molecule has 0 saturated carbocycles. The minimum atomic E-state index is -0.571. The van der Waals surface area contributed by atoms with Crippen molar-refractivity contribution in [3.8, 4) is 6.07 Å². The molecule has 0 atom stereocenters. The van der Waals surface area contributed by atoms with Crippen molar-refractivity contribution in [3.05, 3.63) is 95.1 Å². The molecule has 0 bridgehead atoms. The second-order valence-corrected chi connectivity index (χ2v) is 7.16. The molecule has 28 heavy (non-hydrogen) atoms. The number of ketones is 1. The number of hydrogen-bond acceptors (Lipinski definition) is 5. The number of carbonyl (C=O) groups is 2. The van der Waals surface area contributed by atoms with Gasteiger partial charge in [0.25, 0.3) is 0 Å². The topological polar surface area (TPSA) is 67.2 Å². The van der Waals surface area contributed by atoms with Gasteiger partial charge in [0.05, 0.1) is 11.1 Å². The van der Waals surface area contributed by atoms with Crippen molar-refractivity contribution < 1.29 is 14.3 Å². The molecule has 5 heteroatoms. The molecular formula is C23H17NO3S. The Balaban J connectivity index is 1.73. The van der Waals surface area contributed by atoms with Gasteiger partial charge in [0.2, 0.25) is 0 Å². The van der Waals surface area contributed by atoms with Crippen LogP contribution in [-0.2, 0) is 4.74 Å². The maximum absolute atomic E-state index is 12.5. The normalized spacial score (nSPS) is 10.1. The van der Waals surface area contributed by atoms with Gasteiger partial charge >= 0.3 is 5.97 Å². The average Bonchev–Trinajstić information content (AvgIpc) is 2.73. The average molecular weight is 387 g/mol. The Morgan fingerprint density at radius 2 is 1.57 bits per heavy atom. The van der Waals surface area contributed by atoms with Crippen molar-refractivity contribution in [2.75, 3.05) is 6.61 Å². The number of rotatable bonds is 6. The number of nitrogens with zero attached hydrogens (tertiary/aromatic N) is 1. The highest BCUT2D eigenvalue weighted by molar-refractivity contribution is 7.99. The lowest BCUT2D eigenvalue weighted by atomic mass is 10.1. The van der Waals surface area contributed by atoms with Crippen LogP contribution in [0, 0.1) is 18.3 Å². The zero-order valence-corrected chi connectivity index (χ0v) is 16.0. The van der Waals surface area contributed by atoms with E-state index in [-0.39, 0.29) is 12.4 Å². The van der Waals surface area contributed by atoms with Crippen LogP contribution in [0.15, 0.2) is 82.6 Å². The first-order valence-corrected chi connectivity index (χ1v) is 9.43. The number of ether oxygens (including phenoxy) is 1. The van der Waals surface area contributed by atoms with Crippen LogP contribution in [0.4, 0.5) is 0 Å². The molecule has 0 spiro atoms. The fourth-order valence-corrected chi connectivity index (χ4v) is 3.54. The summed E-state index contributed by atoms with van der Waals surface area (Å²) in [5, 5.41) is 9.25. The number of nitriles is 1. The van der Waals surface area contributed by atoms with Crippen molar-refractivity contribution in [2.24, 2.45) is 0 Å². The van der Waals surface area contributed by atoms with E-state index in [1.807, 2.05) is 37.3 Å². The first-order chi connectivity index (χ1) is 13.6. The first kappa shape index (κ1) is 19.4. The summed E-state index contributed by atoms with van der Waals surface area (Å²) in [4.78, 5) is 26.2. The van der Waals surface area contributed by atoms with Gasteiger partial charge in [-0.2, -0.15) is 5.26 Å². The van der Waals surface area contributed by atoms with E-state index >= 15 is 0 Å². The Kier molecular flexibility index (Phi) is 6.25. The van der Waals surface area contributed by atoms with E-state index in [0.717, 1.165) is 10.5 Å². The summed E-state index contributed by atoms with van der Waals surface area (Å²) in [6.07, 6.45) is 0. The molecule has 3 aromatic carbocycles. The minimum absolute atomic E-state index is 0.256. The highest BCUT2D eigenvalue weighted by atomic mass is 32.2. The van der Waals surface area contributed by atoms with Gasteiger partial charge in [0.15, 0.2) is 12.4 Å². The third kappa shape index (κ3) is 4.67. The van der Waals surface area contributed by atoms with Crippen molar-refractivity contribution in [1.29, 1.82) is 5.26 Å². The van der Waals surface area contributed by atoms with Crippen LogP contribution in [0.1, 0.15) is 31.8 Å². The van der Waals surface area contributed by atoms with E-state index in [1.165, 1.54) is 11.8 Å². The van der Waals surface area contributed by atoms with Gasteiger partial charge in [-0.05, 0) is 31.2 Å². The second kappa shape index (κ2) is 9.03. The lowest BCUT2D eigenvalue weighted by Crippen LogP contribution is -2.14. The lowest BCUT2D eigenvalue weighted by molar-refractivity contribution is 0.0471. The minimum Gasteiger partial charge on any atom is -0.454 e. The van der Waals surface area contributed by atoms with Gasteiger partial charge < -0.3 is 4.74 Å². The highest BCUT2D eigenvalue weighted by Crippen LogP contribution is 2.32. The summed E-state index contributed by atoms with van der Waals surface area (Å²) in [7, 11) is 0. The van der Waals surface area contributed by atoms with Crippen LogP contribution in [0.2, 0.25) is 0 Å². The van der Waals surface area contributed by atoms with Gasteiger partial charge in [0.1, 0.15) is 6.07 Å². The van der Waals surface area contributed by atoms with Gasteiger partial charge in [0, 0.05) is 15.4 Å². The van der Waals surface area contributed by atoms with Crippen molar-refractivity contribution in [2.45, 2.75) is 16.7 Å². The summed E-state index contributed by atoms with van der Waals surface area (Å²) < 4.78 is 5.24. The van der Waals surface area contributed by atoms with Crippen LogP contribution in [0.25, 0.3) is 0 Å². The maximum Gasteiger partial charge on any atom is 0.339 e. The Bertz CT molecular complexity index is 1050. The molecule has 4 nitrogen and oxygen atoms in total. The molecule has 0 unspecified atom stereocenters. The van der Waals surface area contributed by atoms with Gasteiger partial charge in [-0.1, -0.05) is 65.9 Å². The highest BCUT2D eigenvalue weighted by Gasteiger charge is 2.16. The van der Waals surface area contributed by atoms with E-state index in [0.29, 0.717) is 21.6 Å². The van der Waals surface area contributed by atoms with Crippen molar-refractivity contribution in [3.63, 3.8) is 0 Å². The molecule has 0 aliphatic heterocycles. The van der Waals surface area contributed by atoms with Gasteiger partial charge in [-0.25, -0.2) is 4.79 Å². The molecular weight excluding hydrogens is 370 g/mol. The van der Waals surface area contributed by atoms with Crippen LogP contribution in [0.3, 0.4) is 0 Å². The third-order valence-corrected chi connectivity index (χ3v) is 5.19. The Morgan fingerprint density at radius 1 is 0.929 bits per heavy atom. The fraction of sp³-hybridized carbons (Fsp3) is 0.0870. The Hall–Kier alpha value is -3.36. The summed E-state index contributed by atoms with van der Waals surface area (Å²) in [6, 6.07) is 23.4. The van der Waals surface area contributed by atoms with Crippen molar-refractivity contribution >= 4 is 23.5 Å². The number of benzene rings is 3. The van der Waals surface area contributed by atoms with E-state index in [4.69, 9.17) is 4.74 Å². The molecule has 0 saturated heterocycles. The van der Waals surface area contributed by atoms with E-state index in [2.05, 4.69) is 6.07 Å². The molecule has 3 rings (SSSR count). The molecule has 0 fully saturated rings. The monoisotopic (exact) mass is 387 g/mol. The quantitative estimate of drug-likeness (QED) is 0.437. The first-order valence-electron chi connectivity index (χ1n) is 8.61. The second-order valence-electron chi connectivity index (χ2n) is 6.07. The zero-order valence-electron chi connectivity index (χ0n) is 15.2. The van der Waals surface area contributed by atoms with Gasteiger partial charge in [-0.3, -0.25) is 4.79 Å². The number of esters is 1. The van der Waals surface area contributed by atoms with Crippen LogP contribution in [0.5, 0.6) is 0 Å². The fourth-order valence-electron chi connectivity index (χ4n) is 2.52. The molecule has 138 valence electrons. The molecule has 0 heterocycles. The molecule has 0 aromatic heterocycles. The third-order valence-electron chi connectivity index (χ3n) is 4.04. The summed E-state index contributed by atoms with van der Waals surface area (Å²) >= 11 is 1.32. The molecule has 0 amide bonds. The summed E-state index contributed by atoms with van der Waals surface area (Å²) in [6.45, 7) is 1.61. The van der Waals surface area contributed by atoms with E-state index in [1.54, 1.807) is 42.5 Å². The van der Waals surface area contributed by atoms with Crippen LogP contribution in [-0.4, -0.2) is 18.4 Å². The molecule has 3 aromatic rings. The standard InChI is InChI=1S/C23H17NO3S/c1-16-10-12-17(13-11-16)20(25)15-27-23(26)19-7-3-5-9-22(19)28-21-8-4-2-6-18(21)14-24/h2-13H,15H2,1H3. The maximum atomic E-state index is 12.5. The molecule has 0 radical (unpaired) electrons. The molecule has 0 aliphatic carbocycles. The zero-order chi connectivity index (χ0) is 19.9. The summed E-state index contributed by atoms with van der Waals surface area (Å²) in [5.41, 5.74) is 2.45. The van der Waals surface area contributed by atoms with Crippen molar-refractivity contribution in [1.82, 2.24) is 0 Å². The van der Waals surface area contributed by atoms with Crippen LogP contribution >= 0.6 is 11.8 Å². The predicted molar refractivity (Wildman–Crippen MR) is 108 cm³/mol. The number of Topliss-reactive ketones (excluding diaryl/α,β-unsaturated/α-hetero) is 1. The number of carbonyl (C=O) groups excluding carboxylic acids is 2. The van der Waals surface area contributed by atoms with Crippen LogP contribution < -0.4 is 0 Å². The Labute approximate surface area is 167 Å². The predicted octanol–water partition coefficient (Wildman–Crippen LogP) is 5.06. The SMILES string of the molecule is Cc1ccc(C(=O)COC(=O)c2ccccc2Sc2ccccc2C#N)cc1. The number of aryl methyl sites for hydroxylation is 1. The Morgan fingerprint density at radius 3 is 2.29 bits per heavy atom. The number of hydrogen-bond donors (Lipinski definition) is 0. The van der Waals surface area contributed by atoms with Gasteiger partial charge in [-0.15, -0.1) is 0 Å². The smallest absolute Gasteiger partial charge is 0.339 e. The van der Waals surface area contributed by atoms with E-state index in [9.17, 15) is 14.9 Å². The van der Waals surface area contributed by atoms with E-state index < -0.39 is 5.97 Å². The largest absolute Gasteiger partial charge is 0.454 e. The summed E-state index contributed by atoms with van der Waals surface area (Å²) in [5.74, 6) is -0.827.